The lowest BCUT2D eigenvalue weighted by molar-refractivity contribution is 0.0462. The van der Waals surface area contributed by atoms with Gasteiger partial charge in [0.1, 0.15) is 0 Å². The number of hydrogen-bond donors (Lipinski definition) is 0. The number of para-hydroxylation sites is 1. The third-order valence-corrected chi connectivity index (χ3v) is 4.50. The minimum absolute atomic E-state index is 0.101. The third kappa shape index (κ3) is 4.17. The first-order valence-corrected chi connectivity index (χ1v) is 9.47. The molecule has 6 heteroatoms. The number of carbonyl (C=O) groups excluding carboxylic acids is 2. The van der Waals surface area contributed by atoms with Gasteiger partial charge in [-0.25, -0.2) is 14.5 Å². The number of esters is 1. The summed E-state index contributed by atoms with van der Waals surface area (Å²) >= 11 is 0. The quantitative estimate of drug-likeness (QED) is 0.359. The van der Waals surface area contributed by atoms with Crippen LogP contribution in [0.3, 0.4) is 0 Å². The Balaban J connectivity index is 1.62. The molecule has 0 N–H and O–H groups in total. The molecule has 0 atom stereocenters. The van der Waals surface area contributed by atoms with Gasteiger partial charge in [-0.15, -0.1) is 5.10 Å². The Morgan fingerprint density at radius 3 is 2.30 bits per heavy atom. The first-order valence-electron chi connectivity index (χ1n) is 9.47. The number of ketones is 1. The molecular formula is C24H19N3O3. The van der Waals surface area contributed by atoms with Crippen LogP contribution in [0.5, 0.6) is 0 Å². The van der Waals surface area contributed by atoms with Crippen molar-refractivity contribution >= 4 is 11.8 Å². The van der Waals surface area contributed by atoms with Crippen molar-refractivity contribution in [2.75, 3.05) is 6.61 Å². The van der Waals surface area contributed by atoms with Gasteiger partial charge >= 0.3 is 5.97 Å². The second-order valence-corrected chi connectivity index (χ2v) is 6.74. The molecule has 0 saturated carbocycles. The smallest absolute Gasteiger partial charge is 0.378 e. The number of carbonyl (C=O) groups is 2. The van der Waals surface area contributed by atoms with Gasteiger partial charge in [-0.05, 0) is 25.1 Å². The van der Waals surface area contributed by atoms with Crippen molar-refractivity contribution in [2.24, 2.45) is 0 Å². The number of benzene rings is 3. The highest BCUT2D eigenvalue weighted by atomic mass is 16.5. The van der Waals surface area contributed by atoms with E-state index in [0.717, 1.165) is 16.8 Å². The second kappa shape index (κ2) is 8.53. The van der Waals surface area contributed by atoms with Crippen molar-refractivity contribution in [2.45, 2.75) is 6.92 Å². The van der Waals surface area contributed by atoms with Crippen LogP contribution >= 0.6 is 0 Å². The van der Waals surface area contributed by atoms with Gasteiger partial charge in [0, 0.05) is 11.1 Å². The van der Waals surface area contributed by atoms with E-state index in [1.165, 1.54) is 0 Å². The van der Waals surface area contributed by atoms with Crippen LogP contribution in [0.25, 0.3) is 17.1 Å². The summed E-state index contributed by atoms with van der Waals surface area (Å²) < 4.78 is 6.78. The number of aromatic nitrogens is 3. The first kappa shape index (κ1) is 19.3. The molecule has 0 spiro atoms. The summed E-state index contributed by atoms with van der Waals surface area (Å²) in [5, 5.41) is 4.36. The predicted octanol–water partition coefficient (Wildman–Crippen LogP) is 4.28. The summed E-state index contributed by atoms with van der Waals surface area (Å²) in [6.45, 7) is 1.61. The molecule has 3 aromatic carbocycles. The van der Waals surface area contributed by atoms with Crippen LogP contribution in [-0.4, -0.2) is 33.1 Å². The molecule has 1 heterocycles. The maximum Gasteiger partial charge on any atom is 0.378 e. The molecule has 0 unspecified atom stereocenters. The lowest BCUT2D eigenvalue weighted by Gasteiger charge is -2.06. The topological polar surface area (TPSA) is 74.1 Å². The van der Waals surface area contributed by atoms with Crippen LogP contribution in [-0.2, 0) is 4.74 Å². The average Bonchev–Trinajstić information content (AvgIpc) is 3.24. The molecule has 0 aliphatic carbocycles. The van der Waals surface area contributed by atoms with E-state index in [2.05, 4.69) is 10.1 Å². The minimum atomic E-state index is -0.747. The molecule has 4 aromatic rings. The average molecular weight is 397 g/mol. The van der Waals surface area contributed by atoms with E-state index < -0.39 is 5.97 Å². The zero-order chi connectivity index (χ0) is 20.9. The molecule has 0 amide bonds. The molecule has 0 aliphatic heterocycles. The number of rotatable bonds is 6. The van der Waals surface area contributed by atoms with Crippen molar-refractivity contribution in [1.29, 1.82) is 0 Å². The second-order valence-electron chi connectivity index (χ2n) is 6.74. The molecule has 0 bridgehead atoms. The van der Waals surface area contributed by atoms with E-state index in [0.29, 0.717) is 11.4 Å². The van der Waals surface area contributed by atoms with Crippen molar-refractivity contribution < 1.29 is 14.3 Å². The van der Waals surface area contributed by atoms with Gasteiger partial charge < -0.3 is 4.74 Å². The van der Waals surface area contributed by atoms with Crippen molar-refractivity contribution in [3.8, 4) is 17.1 Å². The minimum Gasteiger partial charge on any atom is -0.451 e. The predicted molar refractivity (Wildman–Crippen MR) is 113 cm³/mol. The van der Waals surface area contributed by atoms with Crippen molar-refractivity contribution in [1.82, 2.24) is 14.8 Å². The molecule has 1 aromatic heterocycles. The lowest BCUT2D eigenvalue weighted by Crippen LogP contribution is -2.15. The number of nitrogens with zero attached hydrogens (tertiary/aromatic N) is 3. The Morgan fingerprint density at radius 2 is 1.60 bits per heavy atom. The summed E-state index contributed by atoms with van der Waals surface area (Å²) in [5.41, 5.74) is 3.13. The number of hydrogen-bond acceptors (Lipinski definition) is 5. The van der Waals surface area contributed by atoms with Crippen LogP contribution in [0.4, 0.5) is 0 Å². The fourth-order valence-electron chi connectivity index (χ4n) is 3.02. The van der Waals surface area contributed by atoms with Crippen LogP contribution in [0.15, 0.2) is 84.9 Å². The fraction of sp³-hybridized carbons (Fsp3) is 0.0833. The molecule has 0 fully saturated rings. The molecule has 4 rings (SSSR count). The monoisotopic (exact) mass is 397 g/mol. The van der Waals surface area contributed by atoms with E-state index in [9.17, 15) is 9.59 Å². The van der Waals surface area contributed by atoms with Crippen molar-refractivity contribution in [3.05, 3.63) is 102 Å². The lowest BCUT2D eigenvalue weighted by atomic mass is 10.1. The van der Waals surface area contributed by atoms with Gasteiger partial charge in [0.25, 0.3) is 5.82 Å². The van der Waals surface area contributed by atoms with Gasteiger partial charge in [0.15, 0.2) is 18.2 Å². The van der Waals surface area contributed by atoms with Crippen LogP contribution in [0.2, 0.25) is 0 Å². The Kier molecular flexibility index (Phi) is 5.48. The van der Waals surface area contributed by atoms with Gasteiger partial charge in [0.05, 0.1) is 5.69 Å². The number of ether oxygens (including phenoxy) is 1. The van der Waals surface area contributed by atoms with Crippen LogP contribution < -0.4 is 0 Å². The fourth-order valence-corrected chi connectivity index (χ4v) is 3.02. The Bertz CT molecular complexity index is 1180. The number of Topliss-reactive ketones (excluding diaryl/α,β-unsaturated/α-hetero) is 1. The Hall–Kier alpha value is -4.06. The Labute approximate surface area is 173 Å². The molecule has 30 heavy (non-hydrogen) atoms. The largest absolute Gasteiger partial charge is 0.451 e. The van der Waals surface area contributed by atoms with Gasteiger partial charge in [-0.2, -0.15) is 0 Å². The van der Waals surface area contributed by atoms with Crippen LogP contribution in [0.1, 0.15) is 26.5 Å². The molecule has 6 nitrogen and oxygen atoms in total. The SMILES string of the molecule is Cc1cccc(-c2nc(C(=O)OCC(=O)c3ccccc3)nn2-c2ccccc2)c1. The molecule has 0 radical (unpaired) electrons. The van der Waals surface area contributed by atoms with E-state index in [4.69, 9.17) is 4.74 Å². The zero-order valence-corrected chi connectivity index (χ0v) is 16.4. The highest BCUT2D eigenvalue weighted by Gasteiger charge is 2.21. The normalized spacial score (nSPS) is 10.6. The maximum absolute atomic E-state index is 12.6. The first-order chi connectivity index (χ1) is 14.6. The highest BCUT2D eigenvalue weighted by Crippen LogP contribution is 2.22. The summed E-state index contributed by atoms with van der Waals surface area (Å²) in [6, 6.07) is 25.9. The van der Waals surface area contributed by atoms with Gasteiger partial charge in [-0.1, -0.05) is 72.3 Å². The molecular weight excluding hydrogens is 378 g/mol. The van der Waals surface area contributed by atoms with Crippen molar-refractivity contribution in [3.63, 3.8) is 0 Å². The summed E-state index contributed by atoms with van der Waals surface area (Å²) in [5.74, 6) is -0.615. The van der Waals surface area contributed by atoms with Crippen LogP contribution in [0, 0.1) is 6.92 Å². The molecule has 148 valence electrons. The van der Waals surface area contributed by atoms with Gasteiger partial charge in [0.2, 0.25) is 0 Å². The molecule has 0 saturated heterocycles. The third-order valence-electron chi connectivity index (χ3n) is 4.50. The summed E-state index contributed by atoms with van der Waals surface area (Å²) in [7, 11) is 0. The van der Waals surface area contributed by atoms with E-state index in [1.807, 2.05) is 67.6 Å². The zero-order valence-electron chi connectivity index (χ0n) is 16.4. The van der Waals surface area contributed by atoms with E-state index >= 15 is 0 Å². The van der Waals surface area contributed by atoms with Gasteiger partial charge in [-0.3, -0.25) is 4.79 Å². The standard InChI is InChI=1S/C24H19N3O3/c1-17-9-8-12-19(15-17)23-25-22(26-27(23)20-13-6-3-7-14-20)24(29)30-16-21(28)18-10-4-2-5-11-18/h2-15H,16H2,1H3. The summed E-state index contributed by atoms with van der Waals surface area (Å²) in [6.07, 6.45) is 0. The van der Waals surface area contributed by atoms with E-state index in [1.54, 1.807) is 28.9 Å². The number of aryl methyl sites for hydroxylation is 1. The van der Waals surface area contributed by atoms with E-state index in [-0.39, 0.29) is 18.2 Å². The summed E-state index contributed by atoms with van der Waals surface area (Å²) in [4.78, 5) is 29.2. The molecule has 0 aliphatic rings. The highest BCUT2D eigenvalue weighted by molar-refractivity contribution is 5.98. The Morgan fingerprint density at radius 1 is 0.900 bits per heavy atom. The maximum atomic E-state index is 12.6.